The molecule has 2 aliphatic carbocycles. The van der Waals surface area contributed by atoms with E-state index in [1.807, 2.05) is 47.6 Å². The van der Waals surface area contributed by atoms with Gasteiger partial charge >= 0.3 is 0 Å². The van der Waals surface area contributed by atoms with Gasteiger partial charge < -0.3 is 20.3 Å². The summed E-state index contributed by atoms with van der Waals surface area (Å²) in [6, 6.07) is 7.06. The highest BCUT2D eigenvalue weighted by Crippen LogP contribution is 2.56. The fourth-order valence-electron chi connectivity index (χ4n) is 8.11. The number of anilines is 1. The van der Waals surface area contributed by atoms with Crippen molar-refractivity contribution in [2.45, 2.75) is 106 Å². The molecule has 1 aromatic carbocycles. The third-order valence-corrected chi connectivity index (χ3v) is 11.2. The minimum absolute atomic E-state index is 0.00792. The zero-order valence-corrected chi connectivity index (χ0v) is 24.8. The van der Waals surface area contributed by atoms with E-state index in [1.54, 1.807) is 11.8 Å². The number of fused-ring (bicyclic) bond motifs is 1. The van der Waals surface area contributed by atoms with Crippen molar-refractivity contribution in [1.82, 2.24) is 10.2 Å². The Morgan fingerprint density at radius 3 is 2.55 bits per heavy atom. The quantitative estimate of drug-likeness (QED) is 0.283. The molecule has 2 N–H and O–H groups in total. The Hall–Kier alpha value is -2.32. The second-order valence-corrected chi connectivity index (χ2v) is 13.6. The Morgan fingerprint density at radius 1 is 1.02 bits per heavy atom. The smallest absolute Gasteiger partial charge is 0.246 e. The topological polar surface area (TPSA) is 87.7 Å². The molecule has 6 rings (SSSR count). The van der Waals surface area contributed by atoms with E-state index < -0.39 is 29.6 Å². The van der Waals surface area contributed by atoms with E-state index in [-0.39, 0.29) is 29.8 Å². The van der Waals surface area contributed by atoms with Gasteiger partial charge in [0.15, 0.2) is 0 Å². The summed E-state index contributed by atoms with van der Waals surface area (Å²) in [6.45, 7) is 4.49. The highest BCUT2D eigenvalue weighted by molar-refractivity contribution is 7.98. The Balaban J connectivity index is 1.32. The Bertz CT molecular complexity index is 1180. The van der Waals surface area contributed by atoms with Crippen molar-refractivity contribution in [3.8, 4) is 0 Å². The van der Waals surface area contributed by atoms with Crippen LogP contribution in [0.5, 0.6) is 0 Å². The Kier molecular flexibility index (Phi) is 7.77. The maximum absolute atomic E-state index is 14.4. The molecule has 1 spiro atoms. The van der Waals surface area contributed by atoms with Gasteiger partial charge in [-0.15, -0.1) is 11.8 Å². The molecule has 7 nitrogen and oxygen atoms in total. The lowest BCUT2D eigenvalue weighted by atomic mass is 9.73. The average molecular weight is 566 g/mol. The van der Waals surface area contributed by atoms with Crippen LogP contribution < -0.4 is 10.6 Å². The maximum atomic E-state index is 14.4. The van der Waals surface area contributed by atoms with Crippen LogP contribution in [0.15, 0.2) is 41.3 Å². The van der Waals surface area contributed by atoms with Crippen molar-refractivity contribution in [3.05, 3.63) is 36.4 Å². The summed E-state index contributed by atoms with van der Waals surface area (Å²) in [5.74, 6) is -0.884. The zero-order chi connectivity index (χ0) is 28.0. The van der Waals surface area contributed by atoms with Gasteiger partial charge in [-0.2, -0.15) is 0 Å². The van der Waals surface area contributed by atoms with Gasteiger partial charge in [-0.3, -0.25) is 14.4 Å². The molecule has 2 saturated heterocycles. The molecule has 3 amide bonds. The molecule has 8 heteroatoms. The second kappa shape index (κ2) is 11.2. The summed E-state index contributed by atoms with van der Waals surface area (Å²) in [4.78, 5) is 45.4. The number of nitrogens with one attached hydrogen (secondary N) is 2. The lowest BCUT2D eigenvalue weighted by Gasteiger charge is -2.40. The van der Waals surface area contributed by atoms with Gasteiger partial charge in [0.05, 0.1) is 17.9 Å². The number of carbonyl (C=O) groups is 3. The van der Waals surface area contributed by atoms with E-state index in [0.29, 0.717) is 17.5 Å². The molecule has 2 bridgehead atoms. The monoisotopic (exact) mass is 565 g/mol. The first-order valence-corrected chi connectivity index (χ1v) is 16.5. The number of carbonyl (C=O) groups excluding carboxylic acids is 3. The number of hydrogen-bond acceptors (Lipinski definition) is 5. The molecular formula is C32H43N3O4S. The number of ether oxygens (including phenoxy) is 1. The molecule has 2 saturated carbocycles. The van der Waals surface area contributed by atoms with E-state index in [0.717, 1.165) is 56.3 Å². The first-order chi connectivity index (χ1) is 19.3. The number of rotatable bonds is 6. The number of likely N-dealkylation sites (tertiary alicyclic amines) is 1. The largest absolute Gasteiger partial charge is 0.359 e. The lowest BCUT2D eigenvalue weighted by Crippen LogP contribution is -2.59. The van der Waals surface area contributed by atoms with Crippen LogP contribution in [0.2, 0.25) is 0 Å². The van der Waals surface area contributed by atoms with Crippen molar-refractivity contribution in [2.75, 3.05) is 11.6 Å². The van der Waals surface area contributed by atoms with Crippen LogP contribution in [-0.4, -0.2) is 58.7 Å². The standard InChI is InChI=1S/C32H43N3O4S/c1-19-10-8-15-24(20(19)2)34-30(37)28-32-17-16-25(39-32)26(29(36)33-21-11-9-14-23(18-21)40-3)27(32)31(38)35(28)22-12-6-4-5-7-13-22/h9,11,14,16-20,22,24-28H,4-8,10,12-13,15H2,1-3H3,(H,33,36)(H,34,37)/t19-,20-,24-,25-,26+,27-,28-,32-/m1/s1. The van der Waals surface area contributed by atoms with Gasteiger partial charge in [0, 0.05) is 22.7 Å². The summed E-state index contributed by atoms with van der Waals surface area (Å²) in [7, 11) is 0. The third-order valence-electron chi connectivity index (χ3n) is 10.5. The highest BCUT2D eigenvalue weighted by Gasteiger charge is 2.73. The van der Waals surface area contributed by atoms with E-state index >= 15 is 0 Å². The number of benzene rings is 1. The van der Waals surface area contributed by atoms with E-state index in [2.05, 4.69) is 24.5 Å². The number of thioether (sulfide) groups is 1. The fraction of sp³-hybridized carbons (Fsp3) is 0.656. The molecule has 216 valence electrons. The summed E-state index contributed by atoms with van der Waals surface area (Å²) in [5.41, 5.74) is -0.399. The van der Waals surface area contributed by atoms with Gasteiger partial charge in [0.25, 0.3) is 0 Å². The first kappa shape index (κ1) is 27.8. The van der Waals surface area contributed by atoms with Crippen LogP contribution in [0.3, 0.4) is 0 Å². The number of nitrogens with zero attached hydrogens (tertiary/aromatic N) is 1. The summed E-state index contributed by atoms with van der Waals surface area (Å²) < 4.78 is 6.59. The van der Waals surface area contributed by atoms with Crippen molar-refractivity contribution >= 4 is 35.2 Å². The van der Waals surface area contributed by atoms with E-state index in [4.69, 9.17) is 4.74 Å². The van der Waals surface area contributed by atoms with Crippen LogP contribution in [0.25, 0.3) is 0 Å². The molecule has 3 aliphatic heterocycles. The highest BCUT2D eigenvalue weighted by atomic mass is 32.2. The molecule has 8 atom stereocenters. The van der Waals surface area contributed by atoms with Crippen LogP contribution in [0.4, 0.5) is 5.69 Å². The lowest BCUT2D eigenvalue weighted by molar-refractivity contribution is -0.144. The maximum Gasteiger partial charge on any atom is 0.246 e. The molecule has 0 radical (unpaired) electrons. The minimum atomic E-state index is -1.11. The predicted octanol–water partition coefficient (Wildman–Crippen LogP) is 5.16. The molecule has 40 heavy (non-hydrogen) atoms. The third kappa shape index (κ3) is 4.69. The Labute approximate surface area is 242 Å². The van der Waals surface area contributed by atoms with Crippen LogP contribution in [0.1, 0.15) is 71.6 Å². The zero-order valence-electron chi connectivity index (χ0n) is 23.9. The molecule has 1 aromatic rings. The molecular weight excluding hydrogens is 522 g/mol. The molecule has 5 aliphatic rings. The van der Waals surface area contributed by atoms with Gasteiger partial charge in [0.2, 0.25) is 17.7 Å². The average Bonchev–Trinajstić information content (AvgIpc) is 3.50. The van der Waals surface area contributed by atoms with E-state index in [1.165, 1.54) is 6.42 Å². The van der Waals surface area contributed by atoms with Crippen LogP contribution >= 0.6 is 11.8 Å². The molecule has 3 heterocycles. The SMILES string of the molecule is CSc1cccc(NC(=O)[C@H]2[C@H]3C=C[C@@]4(O3)[C@H]2C(=O)N(C2CCCCCC2)[C@@H]4C(=O)N[C@@H]2CCC[C@@H](C)[C@H]2C)c1. The summed E-state index contributed by atoms with van der Waals surface area (Å²) in [6.07, 6.45) is 14.7. The van der Waals surface area contributed by atoms with Gasteiger partial charge in [0.1, 0.15) is 11.6 Å². The van der Waals surface area contributed by atoms with Crippen molar-refractivity contribution in [3.63, 3.8) is 0 Å². The first-order valence-electron chi connectivity index (χ1n) is 15.3. The van der Waals surface area contributed by atoms with Crippen molar-refractivity contribution < 1.29 is 19.1 Å². The summed E-state index contributed by atoms with van der Waals surface area (Å²) >= 11 is 1.61. The molecule has 0 unspecified atom stereocenters. The van der Waals surface area contributed by atoms with Gasteiger partial charge in [-0.1, -0.05) is 70.6 Å². The fourth-order valence-corrected chi connectivity index (χ4v) is 8.57. The van der Waals surface area contributed by atoms with Crippen LogP contribution in [0, 0.1) is 23.7 Å². The van der Waals surface area contributed by atoms with Crippen molar-refractivity contribution in [2.24, 2.45) is 23.7 Å². The Morgan fingerprint density at radius 2 is 1.80 bits per heavy atom. The molecule has 0 aromatic heterocycles. The van der Waals surface area contributed by atoms with E-state index in [9.17, 15) is 14.4 Å². The van der Waals surface area contributed by atoms with Crippen molar-refractivity contribution in [1.29, 1.82) is 0 Å². The van der Waals surface area contributed by atoms with Gasteiger partial charge in [-0.05, 0) is 55.6 Å². The normalized spacial score (nSPS) is 37.3. The number of amides is 3. The predicted molar refractivity (Wildman–Crippen MR) is 157 cm³/mol. The summed E-state index contributed by atoms with van der Waals surface area (Å²) in [5, 5.41) is 6.44. The minimum Gasteiger partial charge on any atom is -0.359 e. The van der Waals surface area contributed by atoms with Crippen LogP contribution in [-0.2, 0) is 19.1 Å². The number of hydrogen-bond donors (Lipinski definition) is 2. The van der Waals surface area contributed by atoms with Gasteiger partial charge in [-0.25, -0.2) is 0 Å². The second-order valence-electron chi connectivity index (χ2n) is 12.7. The molecule has 4 fully saturated rings.